The molecule has 1 heterocycles. The van der Waals surface area contributed by atoms with E-state index in [0.717, 1.165) is 29.7 Å². The maximum atomic E-state index is 12.4. The highest BCUT2D eigenvalue weighted by molar-refractivity contribution is 5.95. The molecule has 0 spiro atoms. The fourth-order valence-electron chi connectivity index (χ4n) is 2.68. The number of aryl methyl sites for hydroxylation is 2. The number of amides is 1. The van der Waals surface area contributed by atoms with Gasteiger partial charge in [0.2, 0.25) is 5.91 Å². The Morgan fingerprint density at radius 1 is 1.43 bits per heavy atom. The zero-order valence-electron chi connectivity index (χ0n) is 12.4. The van der Waals surface area contributed by atoms with E-state index in [-0.39, 0.29) is 18.4 Å². The highest BCUT2D eigenvalue weighted by Gasteiger charge is 2.33. The number of carbonyl (C=O) groups excluding carboxylic acids is 1. The minimum Gasteiger partial charge on any atom is -0.481 e. The monoisotopic (exact) mass is 291 g/mol. The third kappa shape index (κ3) is 4.04. The molecule has 2 rings (SSSR count). The van der Waals surface area contributed by atoms with Crippen LogP contribution in [-0.4, -0.2) is 29.7 Å². The van der Waals surface area contributed by atoms with Crippen molar-refractivity contribution >= 4 is 17.6 Å². The fourth-order valence-corrected chi connectivity index (χ4v) is 2.68. The van der Waals surface area contributed by atoms with Gasteiger partial charge in [-0.2, -0.15) is 0 Å². The Hall–Kier alpha value is -1.88. The van der Waals surface area contributed by atoms with Gasteiger partial charge in [0.25, 0.3) is 0 Å². The first-order valence-corrected chi connectivity index (χ1v) is 7.19. The highest BCUT2D eigenvalue weighted by atomic mass is 16.5. The number of benzene rings is 1. The Kier molecular flexibility index (Phi) is 4.96. The van der Waals surface area contributed by atoms with Crippen molar-refractivity contribution in [3.8, 4) is 0 Å². The zero-order chi connectivity index (χ0) is 15.4. The number of anilines is 1. The van der Waals surface area contributed by atoms with Crippen LogP contribution < -0.4 is 5.32 Å². The lowest BCUT2D eigenvalue weighted by Gasteiger charge is -2.21. The molecule has 0 saturated carbocycles. The second-order valence-corrected chi connectivity index (χ2v) is 5.56. The number of aliphatic carboxylic acids is 1. The van der Waals surface area contributed by atoms with E-state index in [4.69, 9.17) is 9.84 Å². The molecule has 5 heteroatoms. The minimum atomic E-state index is -0.980. The molecule has 0 aromatic heterocycles. The van der Waals surface area contributed by atoms with Crippen LogP contribution in [0.2, 0.25) is 0 Å². The van der Waals surface area contributed by atoms with Crippen LogP contribution in [0.25, 0.3) is 0 Å². The van der Waals surface area contributed by atoms with E-state index in [1.54, 1.807) is 0 Å². The van der Waals surface area contributed by atoms with E-state index in [1.165, 1.54) is 0 Å². The summed E-state index contributed by atoms with van der Waals surface area (Å²) in [7, 11) is 0. The smallest absolute Gasteiger partial charge is 0.304 e. The van der Waals surface area contributed by atoms with Crippen LogP contribution in [0.1, 0.15) is 30.4 Å². The molecule has 2 N–H and O–H groups in total. The number of hydrogen-bond acceptors (Lipinski definition) is 3. The lowest BCUT2D eigenvalue weighted by Crippen LogP contribution is -2.34. The average Bonchev–Trinajstić information content (AvgIpc) is 2.92. The fraction of sp³-hybridized carbons (Fsp3) is 0.500. The van der Waals surface area contributed by atoms with Crippen molar-refractivity contribution in [2.24, 2.45) is 5.92 Å². The third-order valence-corrected chi connectivity index (χ3v) is 3.78. The summed E-state index contributed by atoms with van der Waals surface area (Å²) < 4.78 is 5.50. The van der Waals surface area contributed by atoms with Crippen LogP contribution in [-0.2, 0) is 14.3 Å². The molecule has 2 atom stereocenters. The number of carboxylic acid groups (broad SMARTS) is 1. The lowest BCUT2D eigenvalue weighted by molar-refractivity contribution is -0.142. The topological polar surface area (TPSA) is 75.6 Å². The molecule has 1 fully saturated rings. The molecule has 1 aliphatic rings. The van der Waals surface area contributed by atoms with Gasteiger partial charge >= 0.3 is 5.97 Å². The van der Waals surface area contributed by atoms with Crippen molar-refractivity contribution in [1.29, 1.82) is 0 Å². The summed E-state index contributed by atoms with van der Waals surface area (Å²) in [5, 5.41) is 11.9. The molecular formula is C16H21NO4. The molecule has 21 heavy (non-hydrogen) atoms. The van der Waals surface area contributed by atoms with Gasteiger partial charge in [-0.3, -0.25) is 9.59 Å². The molecule has 0 unspecified atom stereocenters. The van der Waals surface area contributed by atoms with Crippen molar-refractivity contribution < 1.29 is 19.4 Å². The minimum absolute atomic E-state index is 0.207. The molecular weight excluding hydrogens is 270 g/mol. The van der Waals surface area contributed by atoms with Gasteiger partial charge in [-0.05, 0) is 38.3 Å². The van der Waals surface area contributed by atoms with Crippen molar-refractivity contribution in [2.45, 2.75) is 39.2 Å². The molecule has 0 bridgehead atoms. The predicted octanol–water partition coefficient (Wildman–Crippen LogP) is 2.51. The maximum Gasteiger partial charge on any atom is 0.304 e. The summed E-state index contributed by atoms with van der Waals surface area (Å²) in [5.74, 6) is -1.91. The summed E-state index contributed by atoms with van der Waals surface area (Å²) >= 11 is 0. The molecule has 1 aromatic rings. The largest absolute Gasteiger partial charge is 0.481 e. The van der Waals surface area contributed by atoms with E-state index in [9.17, 15) is 9.59 Å². The number of ether oxygens (including phenoxy) is 1. The van der Waals surface area contributed by atoms with Gasteiger partial charge in [0.1, 0.15) is 0 Å². The summed E-state index contributed by atoms with van der Waals surface area (Å²) in [5.41, 5.74) is 2.80. The highest BCUT2D eigenvalue weighted by Crippen LogP contribution is 2.25. The molecule has 1 saturated heterocycles. The first-order valence-electron chi connectivity index (χ1n) is 7.19. The van der Waals surface area contributed by atoms with E-state index in [0.29, 0.717) is 6.61 Å². The van der Waals surface area contributed by atoms with Gasteiger partial charge < -0.3 is 15.2 Å². The SMILES string of the molecule is Cc1ccc(NC(=O)[C@H](CC(=O)O)[C@H]2CCCO2)c(C)c1. The van der Waals surface area contributed by atoms with E-state index in [2.05, 4.69) is 5.32 Å². The van der Waals surface area contributed by atoms with Crippen LogP contribution in [0.5, 0.6) is 0 Å². The summed E-state index contributed by atoms with van der Waals surface area (Å²) in [6.45, 7) is 4.50. The molecule has 1 aliphatic heterocycles. The van der Waals surface area contributed by atoms with Gasteiger partial charge in [0.05, 0.1) is 18.4 Å². The molecule has 0 aliphatic carbocycles. The normalized spacial score (nSPS) is 19.2. The summed E-state index contributed by atoms with van der Waals surface area (Å²) in [6.07, 6.45) is 1.10. The van der Waals surface area contributed by atoms with Crippen LogP contribution in [0.3, 0.4) is 0 Å². The Bertz CT molecular complexity index is 535. The Balaban J connectivity index is 2.11. The number of hydrogen-bond donors (Lipinski definition) is 2. The summed E-state index contributed by atoms with van der Waals surface area (Å²) in [4.78, 5) is 23.4. The van der Waals surface area contributed by atoms with Crippen LogP contribution in [0.15, 0.2) is 18.2 Å². The van der Waals surface area contributed by atoms with Gasteiger partial charge in [0.15, 0.2) is 0 Å². The van der Waals surface area contributed by atoms with E-state index in [1.807, 2.05) is 32.0 Å². The first kappa shape index (κ1) is 15.5. The van der Waals surface area contributed by atoms with E-state index < -0.39 is 11.9 Å². The van der Waals surface area contributed by atoms with Crippen molar-refractivity contribution in [2.75, 3.05) is 11.9 Å². The maximum absolute atomic E-state index is 12.4. The quantitative estimate of drug-likeness (QED) is 0.874. The third-order valence-electron chi connectivity index (χ3n) is 3.78. The molecule has 0 radical (unpaired) electrons. The van der Waals surface area contributed by atoms with Crippen LogP contribution >= 0.6 is 0 Å². The number of nitrogens with one attached hydrogen (secondary N) is 1. The molecule has 1 aromatic carbocycles. The standard InChI is InChI=1S/C16H21NO4/c1-10-5-6-13(11(2)8-10)17-16(20)12(9-15(18)19)14-4-3-7-21-14/h5-6,8,12,14H,3-4,7,9H2,1-2H3,(H,17,20)(H,18,19)/t12-,14-/m1/s1. The second kappa shape index (κ2) is 6.72. The Labute approximate surface area is 124 Å². The van der Waals surface area contributed by atoms with Gasteiger partial charge in [-0.25, -0.2) is 0 Å². The van der Waals surface area contributed by atoms with E-state index >= 15 is 0 Å². The molecule has 5 nitrogen and oxygen atoms in total. The average molecular weight is 291 g/mol. The van der Waals surface area contributed by atoms with Crippen molar-refractivity contribution in [3.63, 3.8) is 0 Å². The number of carbonyl (C=O) groups is 2. The Morgan fingerprint density at radius 3 is 2.76 bits per heavy atom. The van der Waals surface area contributed by atoms with Crippen molar-refractivity contribution in [1.82, 2.24) is 0 Å². The predicted molar refractivity (Wildman–Crippen MR) is 79.3 cm³/mol. The lowest BCUT2D eigenvalue weighted by atomic mass is 9.95. The van der Waals surface area contributed by atoms with Gasteiger partial charge in [-0.15, -0.1) is 0 Å². The summed E-state index contributed by atoms with van der Waals surface area (Å²) in [6, 6.07) is 5.74. The van der Waals surface area contributed by atoms with Gasteiger partial charge in [-0.1, -0.05) is 17.7 Å². The van der Waals surface area contributed by atoms with Crippen LogP contribution in [0.4, 0.5) is 5.69 Å². The first-order chi connectivity index (χ1) is 9.97. The zero-order valence-corrected chi connectivity index (χ0v) is 12.4. The number of carboxylic acids is 1. The number of rotatable bonds is 5. The molecule has 1 amide bonds. The van der Waals surface area contributed by atoms with Crippen LogP contribution in [0, 0.1) is 19.8 Å². The van der Waals surface area contributed by atoms with Crippen molar-refractivity contribution in [3.05, 3.63) is 29.3 Å². The molecule has 114 valence electrons. The Morgan fingerprint density at radius 2 is 2.19 bits per heavy atom. The second-order valence-electron chi connectivity index (χ2n) is 5.56. The van der Waals surface area contributed by atoms with Gasteiger partial charge in [0, 0.05) is 12.3 Å².